The molecule has 0 aliphatic heterocycles. The van der Waals surface area contributed by atoms with E-state index in [0.29, 0.717) is 29.4 Å². The van der Waals surface area contributed by atoms with Gasteiger partial charge < -0.3 is 15.4 Å². The minimum atomic E-state index is -4.83. The maximum absolute atomic E-state index is 13.2. The highest BCUT2D eigenvalue weighted by Crippen LogP contribution is 2.43. The van der Waals surface area contributed by atoms with Gasteiger partial charge in [0.2, 0.25) is 0 Å². The molecule has 2 unspecified atom stereocenters. The van der Waals surface area contributed by atoms with Gasteiger partial charge in [0.15, 0.2) is 11.4 Å². The van der Waals surface area contributed by atoms with Crippen LogP contribution in [0.3, 0.4) is 0 Å². The van der Waals surface area contributed by atoms with E-state index >= 15 is 0 Å². The summed E-state index contributed by atoms with van der Waals surface area (Å²) in [6.45, 7) is 2.19. The molecule has 2 aromatic heterocycles. The van der Waals surface area contributed by atoms with Gasteiger partial charge in [0.1, 0.15) is 5.39 Å². The zero-order valence-electron chi connectivity index (χ0n) is 17.5. The summed E-state index contributed by atoms with van der Waals surface area (Å²) in [5.41, 5.74) is -2.38. The van der Waals surface area contributed by atoms with Crippen LogP contribution in [-0.2, 0) is 5.60 Å². The van der Waals surface area contributed by atoms with Crippen LogP contribution in [0.4, 0.5) is 24.7 Å². The largest absolute Gasteiger partial charge is 0.421 e. The number of aromatic nitrogens is 3. The Morgan fingerprint density at radius 1 is 1.38 bits per heavy atom. The minimum Gasteiger partial charge on any atom is -0.376 e. The third kappa shape index (κ3) is 3.73. The van der Waals surface area contributed by atoms with E-state index in [-0.39, 0.29) is 35.0 Å². The second-order valence-corrected chi connectivity index (χ2v) is 8.35. The highest BCUT2D eigenvalue weighted by atomic mass is 19.4. The van der Waals surface area contributed by atoms with Crippen LogP contribution in [-0.4, -0.2) is 26.0 Å². The maximum atomic E-state index is 13.2. The van der Waals surface area contributed by atoms with Crippen molar-refractivity contribution < 1.29 is 18.3 Å². The molecule has 2 atom stereocenters. The van der Waals surface area contributed by atoms with Crippen molar-refractivity contribution >= 4 is 22.4 Å². The zero-order valence-corrected chi connectivity index (χ0v) is 17.5. The number of benzene rings is 1. The fourth-order valence-electron chi connectivity index (χ4n) is 4.04. The molecule has 0 saturated heterocycles. The van der Waals surface area contributed by atoms with Gasteiger partial charge in [-0.05, 0) is 61.9 Å². The Balaban J connectivity index is 1.75. The van der Waals surface area contributed by atoms with Crippen molar-refractivity contribution in [1.29, 1.82) is 5.26 Å². The molecule has 0 spiro atoms. The number of H-pyrrole nitrogens is 1. The lowest BCUT2D eigenvalue weighted by atomic mass is 9.91. The van der Waals surface area contributed by atoms with Crippen molar-refractivity contribution in [2.45, 2.75) is 50.9 Å². The molecule has 1 aromatic carbocycles. The van der Waals surface area contributed by atoms with Gasteiger partial charge in [0.25, 0.3) is 5.56 Å². The highest BCUT2D eigenvalue weighted by molar-refractivity contribution is 5.91. The number of aromatic amines is 1. The number of halogens is 3. The second kappa shape index (κ2) is 7.67. The van der Waals surface area contributed by atoms with Crippen molar-refractivity contribution in [3.05, 3.63) is 51.9 Å². The van der Waals surface area contributed by atoms with E-state index in [1.54, 1.807) is 10.7 Å². The molecule has 3 N–H and O–H groups in total. The van der Waals surface area contributed by atoms with Gasteiger partial charge in [-0.2, -0.15) is 23.5 Å². The topological polar surface area (TPSA) is 107 Å². The summed E-state index contributed by atoms with van der Waals surface area (Å²) in [6, 6.07) is 7.81. The molecule has 7 nitrogen and oxygen atoms in total. The lowest BCUT2D eigenvalue weighted by molar-refractivity contribution is -0.259. The second-order valence-electron chi connectivity index (χ2n) is 8.35. The maximum Gasteiger partial charge on any atom is 0.421 e. The molecule has 1 saturated carbocycles. The Kier molecular flexibility index (Phi) is 5.25. The van der Waals surface area contributed by atoms with Crippen LogP contribution >= 0.6 is 0 Å². The van der Waals surface area contributed by atoms with E-state index in [0.717, 1.165) is 12.8 Å². The first-order valence-corrected chi connectivity index (χ1v) is 10.2. The molecule has 3 aromatic rings. The van der Waals surface area contributed by atoms with Gasteiger partial charge >= 0.3 is 6.18 Å². The summed E-state index contributed by atoms with van der Waals surface area (Å²) in [7, 11) is 0. The lowest BCUT2D eigenvalue weighted by Crippen LogP contribution is -2.39. The van der Waals surface area contributed by atoms with Crippen LogP contribution in [0.5, 0.6) is 0 Å². The van der Waals surface area contributed by atoms with Crippen LogP contribution in [0.15, 0.2) is 35.3 Å². The van der Waals surface area contributed by atoms with E-state index in [1.165, 1.54) is 31.3 Å². The summed E-state index contributed by atoms with van der Waals surface area (Å²) < 4.78 is 41.4. The number of anilines is 2. The Morgan fingerprint density at radius 3 is 2.69 bits per heavy atom. The first-order valence-electron chi connectivity index (χ1n) is 10.2. The fourth-order valence-corrected chi connectivity index (χ4v) is 4.04. The molecule has 0 radical (unpaired) electrons. The monoisotopic (exact) mass is 445 g/mol. The predicted molar refractivity (Wildman–Crippen MR) is 112 cm³/mol. The number of nitrogens with zero attached hydrogens (tertiary/aromatic N) is 3. The summed E-state index contributed by atoms with van der Waals surface area (Å²) >= 11 is 0. The average molecular weight is 445 g/mol. The number of nitrogens with one attached hydrogen (secondary N) is 2. The van der Waals surface area contributed by atoms with Gasteiger partial charge in [-0.15, -0.1) is 0 Å². The summed E-state index contributed by atoms with van der Waals surface area (Å²) in [6.07, 6.45) is -1.08. The molecule has 0 bridgehead atoms. The molecular weight excluding hydrogens is 423 g/mol. The normalized spacial score (nSPS) is 17.0. The van der Waals surface area contributed by atoms with Crippen molar-refractivity contribution in [2.24, 2.45) is 5.92 Å². The zero-order chi connectivity index (χ0) is 23.3. The fraction of sp³-hybridized carbons (Fsp3) is 0.409. The molecule has 1 aliphatic rings. The molecule has 2 heterocycles. The van der Waals surface area contributed by atoms with E-state index in [9.17, 15) is 28.3 Å². The highest BCUT2D eigenvalue weighted by Gasteiger charge is 2.51. The van der Waals surface area contributed by atoms with Crippen LogP contribution in [0.1, 0.15) is 43.4 Å². The average Bonchev–Trinajstić information content (AvgIpc) is 3.48. The van der Waals surface area contributed by atoms with Gasteiger partial charge in [0, 0.05) is 11.9 Å². The quantitative estimate of drug-likeness (QED) is 0.521. The van der Waals surface area contributed by atoms with Gasteiger partial charge in [-0.25, -0.2) is 0 Å². The Morgan fingerprint density at radius 2 is 2.09 bits per heavy atom. The number of nitriles is 1. The van der Waals surface area contributed by atoms with Gasteiger partial charge in [-0.1, -0.05) is 6.07 Å². The first kappa shape index (κ1) is 21.9. The molecule has 1 aliphatic carbocycles. The number of alkyl halides is 3. The Bertz CT molecular complexity index is 1270. The number of hydrogen-bond acceptors (Lipinski definition) is 5. The molecule has 0 amide bonds. The van der Waals surface area contributed by atoms with Crippen LogP contribution in [0.2, 0.25) is 0 Å². The van der Waals surface area contributed by atoms with Crippen molar-refractivity contribution in [1.82, 2.24) is 14.8 Å². The number of fused-ring (bicyclic) bond motifs is 1. The van der Waals surface area contributed by atoms with E-state index < -0.39 is 11.8 Å². The Labute approximate surface area is 181 Å². The summed E-state index contributed by atoms with van der Waals surface area (Å²) in [5.74, 6) is 0.566. The van der Waals surface area contributed by atoms with Crippen molar-refractivity contribution in [2.75, 3.05) is 5.32 Å². The molecular formula is C22H22F3N5O2. The number of pyridine rings is 1. The number of rotatable bonds is 6. The molecule has 4 rings (SSSR count). The molecule has 1 fully saturated rings. The minimum absolute atomic E-state index is 0.161. The standard InChI is InChI=1S/C22H22F3N5O2/c1-12-11-14(5-6-15(12)21(2,32)22(23,24)25)28-19-18-17(8-10-27-20(18)31)30(29-19)16(7-9-26)13-3-4-13/h5-6,8,10-11,13,16,32H,3-4,7H2,1-2H3,(H,27,31)(H,28,29). The lowest BCUT2D eigenvalue weighted by Gasteiger charge is -2.28. The Hall–Kier alpha value is -3.32. The first-order chi connectivity index (χ1) is 15.0. The molecule has 32 heavy (non-hydrogen) atoms. The van der Waals surface area contributed by atoms with Crippen molar-refractivity contribution in [3.8, 4) is 6.07 Å². The SMILES string of the molecule is Cc1cc(Nc2nn(C(CC#N)C3CC3)c3cc[nH]c(=O)c23)ccc1C(C)(O)C(F)(F)F. The smallest absolute Gasteiger partial charge is 0.376 e. The predicted octanol–water partition coefficient (Wildman–Crippen LogP) is 4.41. The van der Waals surface area contributed by atoms with Gasteiger partial charge in [0.05, 0.1) is 24.0 Å². The van der Waals surface area contributed by atoms with Crippen LogP contribution < -0.4 is 10.9 Å². The van der Waals surface area contributed by atoms with E-state index in [2.05, 4.69) is 21.5 Å². The van der Waals surface area contributed by atoms with Crippen molar-refractivity contribution in [3.63, 3.8) is 0 Å². The van der Waals surface area contributed by atoms with Crippen LogP contribution in [0.25, 0.3) is 10.9 Å². The summed E-state index contributed by atoms with van der Waals surface area (Å²) in [4.78, 5) is 15.2. The third-order valence-electron chi connectivity index (χ3n) is 5.98. The molecule has 10 heteroatoms. The van der Waals surface area contributed by atoms with Gasteiger partial charge in [-0.3, -0.25) is 9.48 Å². The van der Waals surface area contributed by atoms with Crippen LogP contribution in [0, 0.1) is 24.2 Å². The summed E-state index contributed by atoms with van der Waals surface area (Å²) in [5, 5.41) is 27.2. The van der Waals surface area contributed by atoms with E-state index in [1.807, 2.05) is 0 Å². The number of hydrogen-bond donors (Lipinski definition) is 3. The van der Waals surface area contributed by atoms with E-state index in [4.69, 9.17) is 0 Å². The number of aliphatic hydroxyl groups is 1. The molecule has 168 valence electrons. The third-order valence-corrected chi connectivity index (χ3v) is 5.98. The number of aryl methyl sites for hydroxylation is 1.